The van der Waals surface area contributed by atoms with Crippen molar-refractivity contribution in [3.63, 3.8) is 0 Å². The number of benzene rings is 1. The molecule has 1 aromatic rings. The van der Waals surface area contributed by atoms with Crippen LogP contribution in [0.3, 0.4) is 0 Å². The largest absolute Gasteiger partial charge is 0.478 e. The molecule has 0 saturated carbocycles. The Morgan fingerprint density at radius 2 is 2.00 bits per heavy atom. The summed E-state index contributed by atoms with van der Waals surface area (Å²) in [6, 6.07) is 6.67. The average Bonchev–Trinajstić information content (AvgIpc) is 2.34. The molecule has 0 spiro atoms. The molecular weight excluding hydrogens is 244 g/mol. The van der Waals surface area contributed by atoms with Gasteiger partial charge < -0.3 is 15.3 Å². The van der Waals surface area contributed by atoms with Crippen LogP contribution in [0.5, 0.6) is 0 Å². The van der Waals surface area contributed by atoms with Gasteiger partial charge in [0.15, 0.2) is 0 Å². The minimum atomic E-state index is -1.14. The minimum Gasteiger partial charge on any atom is -0.478 e. The highest BCUT2D eigenvalue weighted by Crippen LogP contribution is 2.22. The van der Waals surface area contributed by atoms with Crippen LogP contribution < -0.4 is 0 Å². The third-order valence-corrected chi connectivity index (χ3v) is 2.56. The number of carbonyl (C=O) groups is 1. The quantitative estimate of drug-likeness (QED) is 0.550. The molecule has 0 fully saturated rings. The van der Waals surface area contributed by atoms with Crippen molar-refractivity contribution < 1.29 is 20.1 Å². The van der Waals surface area contributed by atoms with E-state index in [1.165, 1.54) is 6.08 Å². The molecule has 0 bridgehead atoms. The normalized spacial score (nSPS) is 14.8. The highest BCUT2D eigenvalue weighted by atomic mass is 35.5. The Morgan fingerprint density at radius 3 is 2.59 bits per heavy atom. The first-order valence-electron chi connectivity index (χ1n) is 4.98. The van der Waals surface area contributed by atoms with Crippen molar-refractivity contribution in [1.29, 1.82) is 0 Å². The lowest BCUT2D eigenvalue weighted by Gasteiger charge is -2.17. The molecule has 0 saturated heterocycles. The van der Waals surface area contributed by atoms with E-state index in [1.807, 2.05) is 0 Å². The van der Waals surface area contributed by atoms with Gasteiger partial charge in [0.05, 0.1) is 12.0 Å². The number of rotatable bonds is 5. The summed E-state index contributed by atoms with van der Waals surface area (Å²) in [4.78, 5) is 10.4. The summed E-state index contributed by atoms with van der Waals surface area (Å²) >= 11 is 5.45. The number of carboxylic acid groups (broad SMARTS) is 1. The van der Waals surface area contributed by atoms with Crippen molar-refractivity contribution in [3.05, 3.63) is 41.5 Å². The van der Waals surface area contributed by atoms with Crippen molar-refractivity contribution in [3.8, 4) is 0 Å². The Kier molecular flexibility index (Phi) is 5.15. The molecule has 0 aliphatic heterocycles. The van der Waals surface area contributed by atoms with Crippen molar-refractivity contribution in [2.75, 3.05) is 5.88 Å². The molecule has 92 valence electrons. The molecule has 0 heterocycles. The standard InChI is InChI=1S/C12H13ClO4/c13-7-10(14)12(17)9-4-2-1-3-8(9)5-6-11(15)16/h1-6,10,12,14,17H,7H2,(H,15,16)/b6-5+. The van der Waals surface area contributed by atoms with Crippen molar-refractivity contribution in [1.82, 2.24) is 0 Å². The first-order chi connectivity index (χ1) is 8.06. The van der Waals surface area contributed by atoms with Crippen molar-refractivity contribution in [2.24, 2.45) is 0 Å². The highest BCUT2D eigenvalue weighted by molar-refractivity contribution is 6.18. The molecule has 0 aromatic heterocycles. The molecule has 0 aliphatic carbocycles. The molecule has 3 N–H and O–H groups in total. The average molecular weight is 257 g/mol. The maximum absolute atomic E-state index is 10.4. The van der Waals surface area contributed by atoms with Gasteiger partial charge in [-0.3, -0.25) is 0 Å². The van der Waals surface area contributed by atoms with E-state index in [9.17, 15) is 15.0 Å². The molecule has 2 atom stereocenters. The van der Waals surface area contributed by atoms with E-state index in [0.717, 1.165) is 6.08 Å². The van der Waals surface area contributed by atoms with Crippen LogP contribution in [0, 0.1) is 0 Å². The van der Waals surface area contributed by atoms with Crippen molar-refractivity contribution in [2.45, 2.75) is 12.2 Å². The zero-order chi connectivity index (χ0) is 12.8. The third kappa shape index (κ3) is 3.85. The van der Waals surface area contributed by atoms with Gasteiger partial charge in [0, 0.05) is 6.08 Å². The molecule has 17 heavy (non-hydrogen) atoms. The minimum absolute atomic E-state index is 0.0991. The molecular formula is C12H13ClO4. The summed E-state index contributed by atoms with van der Waals surface area (Å²) in [5.41, 5.74) is 0.977. The van der Waals surface area contributed by atoms with Crippen LogP contribution >= 0.6 is 11.6 Å². The monoisotopic (exact) mass is 256 g/mol. The van der Waals surface area contributed by atoms with Crippen LogP contribution in [-0.2, 0) is 4.79 Å². The third-order valence-electron chi connectivity index (χ3n) is 2.24. The Hall–Kier alpha value is -1.36. The molecule has 0 amide bonds. The lowest BCUT2D eigenvalue weighted by atomic mass is 9.99. The van der Waals surface area contributed by atoms with Crippen LogP contribution in [-0.4, -0.2) is 33.3 Å². The van der Waals surface area contributed by atoms with Crippen LogP contribution in [0.2, 0.25) is 0 Å². The van der Waals surface area contributed by atoms with E-state index in [2.05, 4.69) is 0 Å². The summed E-state index contributed by atoms with van der Waals surface area (Å²) in [6.45, 7) is 0. The second kappa shape index (κ2) is 6.39. The van der Waals surface area contributed by atoms with E-state index in [4.69, 9.17) is 16.7 Å². The zero-order valence-electron chi connectivity index (χ0n) is 8.95. The summed E-state index contributed by atoms with van der Waals surface area (Å²) in [5.74, 6) is -1.18. The van der Waals surface area contributed by atoms with E-state index >= 15 is 0 Å². The number of aliphatic hydroxyl groups is 2. The summed E-state index contributed by atoms with van der Waals surface area (Å²) in [6.07, 6.45) is 0.110. The fourth-order valence-electron chi connectivity index (χ4n) is 1.38. The van der Waals surface area contributed by atoms with Gasteiger partial charge in [0.25, 0.3) is 0 Å². The maximum atomic E-state index is 10.4. The predicted molar refractivity (Wildman–Crippen MR) is 64.8 cm³/mol. The summed E-state index contributed by atoms with van der Waals surface area (Å²) in [5, 5.41) is 27.8. The Labute approximate surface area is 104 Å². The summed E-state index contributed by atoms with van der Waals surface area (Å²) < 4.78 is 0. The number of hydrogen-bond acceptors (Lipinski definition) is 3. The Balaban J connectivity index is 3.03. The second-order valence-electron chi connectivity index (χ2n) is 3.47. The topological polar surface area (TPSA) is 77.8 Å². The first kappa shape index (κ1) is 13.7. The Bertz CT molecular complexity index is 417. The van der Waals surface area contributed by atoms with Crippen molar-refractivity contribution >= 4 is 23.6 Å². The molecule has 2 unspecified atom stereocenters. The second-order valence-corrected chi connectivity index (χ2v) is 3.78. The van der Waals surface area contributed by atoms with E-state index < -0.39 is 18.2 Å². The number of aliphatic carboxylic acids is 1. The van der Waals surface area contributed by atoms with Gasteiger partial charge in [-0.2, -0.15) is 0 Å². The maximum Gasteiger partial charge on any atom is 0.328 e. The van der Waals surface area contributed by atoms with Gasteiger partial charge in [-0.1, -0.05) is 24.3 Å². The van der Waals surface area contributed by atoms with Gasteiger partial charge in [-0.15, -0.1) is 11.6 Å². The lowest BCUT2D eigenvalue weighted by molar-refractivity contribution is -0.131. The molecule has 4 nitrogen and oxygen atoms in total. The van der Waals surface area contributed by atoms with Gasteiger partial charge in [-0.25, -0.2) is 4.79 Å². The Morgan fingerprint density at radius 1 is 1.35 bits per heavy atom. The van der Waals surface area contributed by atoms with E-state index in [1.54, 1.807) is 24.3 Å². The predicted octanol–water partition coefficient (Wildman–Crippen LogP) is 1.42. The van der Waals surface area contributed by atoms with Gasteiger partial charge >= 0.3 is 5.97 Å². The van der Waals surface area contributed by atoms with Gasteiger partial charge in [-0.05, 0) is 17.2 Å². The number of aliphatic hydroxyl groups excluding tert-OH is 2. The molecule has 5 heteroatoms. The molecule has 1 aromatic carbocycles. The number of alkyl halides is 1. The van der Waals surface area contributed by atoms with Crippen LogP contribution in [0.4, 0.5) is 0 Å². The first-order valence-corrected chi connectivity index (χ1v) is 5.51. The smallest absolute Gasteiger partial charge is 0.328 e. The number of halogens is 1. The van der Waals surface area contributed by atoms with Crippen LogP contribution in [0.15, 0.2) is 30.3 Å². The summed E-state index contributed by atoms with van der Waals surface area (Å²) in [7, 11) is 0. The lowest BCUT2D eigenvalue weighted by Crippen LogP contribution is -2.20. The van der Waals surface area contributed by atoms with E-state index in [0.29, 0.717) is 11.1 Å². The van der Waals surface area contributed by atoms with E-state index in [-0.39, 0.29) is 5.88 Å². The molecule has 1 rings (SSSR count). The molecule has 0 radical (unpaired) electrons. The number of hydrogen-bond donors (Lipinski definition) is 3. The molecule has 0 aliphatic rings. The van der Waals surface area contributed by atoms with Gasteiger partial charge in [0.1, 0.15) is 6.10 Å². The highest BCUT2D eigenvalue weighted by Gasteiger charge is 2.19. The van der Waals surface area contributed by atoms with Crippen LogP contribution in [0.25, 0.3) is 6.08 Å². The number of carboxylic acids is 1. The SMILES string of the molecule is O=C(O)/C=C/c1ccccc1C(O)C(O)CCl. The van der Waals surface area contributed by atoms with Crippen LogP contribution in [0.1, 0.15) is 17.2 Å². The fourth-order valence-corrected chi connectivity index (χ4v) is 1.55. The zero-order valence-corrected chi connectivity index (χ0v) is 9.71. The fraction of sp³-hybridized carbons (Fsp3) is 0.250. The van der Waals surface area contributed by atoms with Gasteiger partial charge in [0.2, 0.25) is 0 Å².